The highest BCUT2D eigenvalue weighted by atomic mass is 19.1. The Morgan fingerprint density at radius 3 is 1.75 bits per heavy atom. The standard InChI is InChI=1S/C20H20F2O2/c21-19-7-3-15(4-8-19)12-17(2-1-11-23)18(14-24)13-16-5-9-20(22)10-6-16/h1-10,23-24H,11-14H2/b2-1+,18-17-. The lowest BCUT2D eigenvalue weighted by Gasteiger charge is -2.12. The first kappa shape index (κ1) is 18.0. The van der Waals surface area contributed by atoms with Crippen LogP contribution in [0.25, 0.3) is 0 Å². The third-order valence-electron chi connectivity index (χ3n) is 3.71. The molecule has 0 unspecified atom stereocenters. The van der Waals surface area contributed by atoms with Crippen molar-refractivity contribution in [1.82, 2.24) is 0 Å². The number of aliphatic hydroxyl groups excluding tert-OH is 2. The lowest BCUT2D eigenvalue weighted by Crippen LogP contribution is -2.03. The fourth-order valence-electron chi connectivity index (χ4n) is 2.44. The van der Waals surface area contributed by atoms with E-state index in [2.05, 4.69) is 0 Å². The monoisotopic (exact) mass is 330 g/mol. The summed E-state index contributed by atoms with van der Waals surface area (Å²) in [5, 5.41) is 18.8. The number of hydrogen-bond donors (Lipinski definition) is 2. The van der Waals surface area contributed by atoms with Gasteiger partial charge in [-0.2, -0.15) is 0 Å². The van der Waals surface area contributed by atoms with E-state index < -0.39 is 0 Å². The predicted octanol–water partition coefficient (Wildman–Crippen LogP) is 3.59. The van der Waals surface area contributed by atoms with E-state index in [9.17, 15) is 13.9 Å². The molecule has 0 aliphatic carbocycles. The lowest BCUT2D eigenvalue weighted by molar-refractivity contribution is 0.327. The minimum Gasteiger partial charge on any atom is -0.392 e. The molecule has 0 aliphatic heterocycles. The van der Waals surface area contributed by atoms with Gasteiger partial charge in [-0.15, -0.1) is 0 Å². The molecule has 0 radical (unpaired) electrons. The van der Waals surface area contributed by atoms with Crippen LogP contribution in [0.15, 0.2) is 71.8 Å². The van der Waals surface area contributed by atoms with Crippen LogP contribution in [0, 0.1) is 11.6 Å². The first-order valence-corrected chi connectivity index (χ1v) is 7.70. The second-order valence-electron chi connectivity index (χ2n) is 5.48. The number of halogens is 2. The molecule has 0 fully saturated rings. The molecule has 0 aliphatic rings. The maximum atomic E-state index is 13.0. The van der Waals surface area contributed by atoms with Crippen LogP contribution in [0.5, 0.6) is 0 Å². The Hall–Kier alpha value is -2.30. The van der Waals surface area contributed by atoms with Gasteiger partial charge in [0.1, 0.15) is 11.6 Å². The van der Waals surface area contributed by atoms with Gasteiger partial charge in [0.2, 0.25) is 0 Å². The summed E-state index contributed by atoms with van der Waals surface area (Å²) in [7, 11) is 0. The Morgan fingerprint density at radius 2 is 1.29 bits per heavy atom. The van der Waals surface area contributed by atoms with Crippen LogP contribution in [0.3, 0.4) is 0 Å². The maximum Gasteiger partial charge on any atom is 0.123 e. The van der Waals surface area contributed by atoms with Gasteiger partial charge in [-0.05, 0) is 59.4 Å². The molecule has 4 heteroatoms. The second-order valence-corrected chi connectivity index (χ2v) is 5.48. The highest BCUT2D eigenvalue weighted by Gasteiger charge is 2.07. The first-order valence-electron chi connectivity index (χ1n) is 7.70. The van der Waals surface area contributed by atoms with Crippen molar-refractivity contribution >= 4 is 0 Å². The number of rotatable bonds is 7. The molecule has 2 aromatic carbocycles. The van der Waals surface area contributed by atoms with Crippen LogP contribution in [0.2, 0.25) is 0 Å². The number of aliphatic hydroxyl groups is 2. The summed E-state index contributed by atoms with van der Waals surface area (Å²) in [6.45, 7) is -0.258. The van der Waals surface area contributed by atoms with Gasteiger partial charge < -0.3 is 10.2 Å². The molecule has 0 amide bonds. The molecule has 2 nitrogen and oxygen atoms in total. The quantitative estimate of drug-likeness (QED) is 0.762. The molecule has 2 N–H and O–H groups in total. The Labute approximate surface area is 140 Å². The van der Waals surface area contributed by atoms with E-state index in [1.807, 2.05) is 0 Å². The molecule has 2 aromatic rings. The van der Waals surface area contributed by atoms with E-state index in [-0.39, 0.29) is 24.8 Å². The van der Waals surface area contributed by atoms with Gasteiger partial charge in [-0.1, -0.05) is 36.4 Å². The van der Waals surface area contributed by atoms with Crippen molar-refractivity contribution in [3.63, 3.8) is 0 Å². The molecule has 0 atom stereocenters. The minimum absolute atomic E-state index is 0.109. The molecule has 0 saturated heterocycles. The summed E-state index contributed by atoms with van der Waals surface area (Å²) in [6.07, 6.45) is 4.34. The zero-order valence-electron chi connectivity index (χ0n) is 13.3. The third-order valence-corrected chi connectivity index (χ3v) is 3.71. The molecule has 2 rings (SSSR count). The molecule has 0 heterocycles. The van der Waals surface area contributed by atoms with Gasteiger partial charge in [-0.3, -0.25) is 0 Å². The van der Waals surface area contributed by atoms with Crippen molar-refractivity contribution in [3.8, 4) is 0 Å². The van der Waals surface area contributed by atoms with Crippen LogP contribution in [-0.2, 0) is 12.8 Å². The lowest BCUT2D eigenvalue weighted by atomic mass is 9.95. The van der Waals surface area contributed by atoms with Crippen molar-refractivity contribution in [2.75, 3.05) is 13.2 Å². The molecular formula is C20H20F2O2. The van der Waals surface area contributed by atoms with Crippen LogP contribution in [0.4, 0.5) is 8.78 Å². The van der Waals surface area contributed by atoms with Crippen LogP contribution >= 0.6 is 0 Å². The Balaban J connectivity index is 2.29. The fourth-order valence-corrected chi connectivity index (χ4v) is 2.44. The Kier molecular flexibility index (Phi) is 6.85. The molecular weight excluding hydrogens is 310 g/mol. The van der Waals surface area contributed by atoms with Crippen LogP contribution in [-0.4, -0.2) is 23.4 Å². The van der Waals surface area contributed by atoms with Crippen molar-refractivity contribution in [1.29, 1.82) is 0 Å². The SMILES string of the molecule is OC/C=C/C(Cc1ccc(F)cc1)=C(/CO)Cc1ccc(F)cc1. The van der Waals surface area contributed by atoms with Crippen LogP contribution in [0.1, 0.15) is 11.1 Å². The minimum atomic E-state index is -0.306. The molecule has 0 saturated carbocycles. The van der Waals surface area contributed by atoms with Crippen molar-refractivity contribution in [2.45, 2.75) is 12.8 Å². The molecule has 0 aromatic heterocycles. The Morgan fingerprint density at radius 1 is 0.792 bits per heavy atom. The zero-order valence-corrected chi connectivity index (χ0v) is 13.3. The van der Waals surface area contributed by atoms with Gasteiger partial charge >= 0.3 is 0 Å². The first-order chi connectivity index (χ1) is 11.6. The second kappa shape index (κ2) is 9.11. The Bertz CT molecular complexity index is 701. The van der Waals surface area contributed by atoms with Crippen LogP contribution < -0.4 is 0 Å². The van der Waals surface area contributed by atoms with E-state index >= 15 is 0 Å². The molecule has 24 heavy (non-hydrogen) atoms. The largest absolute Gasteiger partial charge is 0.392 e. The zero-order chi connectivity index (χ0) is 17.4. The van der Waals surface area contributed by atoms with Crippen molar-refractivity contribution in [3.05, 3.63) is 94.6 Å². The fraction of sp³-hybridized carbons (Fsp3) is 0.200. The average molecular weight is 330 g/mol. The maximum absolute atomic E-state index is 13.0. The number of benzene rings is 2. The van der Waals surface area contributed by atoms with E-state index in [4.69, 9.17) is 5.11 Å². The highest BCUT2D eigenvalue weighted by molar-refractivity contribution is 5.36. The average Bonchev–Trinajstić information content (AvgIpc) is 2.60. The molecule has 126 valence electrons. The van der Waals surface area contributed by atoms with Crippen molar-refractivity contribution < 1.29 is 19.0 Å². The third kappa shape index (κ3) is 5.41. The van der Waals surface area contributed by atoms with Gasteiger partial charge in [0.05, 0.1) is 13.2 Å². The van der Waals surface area contributed by atoms with E-state index in [0.29, 0.717) is 12.8 Å². The van der Waals surface area contributed by atoms with Gasteiger partial charge in [-0.25, -0.2) is 8.78 Å². The van der Waals surface area contributed by atoms with Gasteiger partial charge in [0.25, 0.3) is 0 Å². The summed E-state index contributed by atoms with van der Waals surface area (Å²) in [6, 6.07) is 12.3. The number of allylic oxidation sites excluding steroid dienone is 2. The molecule has 0 spiro atoms. The van der Waals surface area contributed by atoms with E-state index in [1.165, 1.54) is 24.3 Å². The molecule has 0 bridgehead atoms. The van der Waals surface area contributed by atoms with Crippen molar-refractivity contribution in [2.24, 2.45) is 0 Å². The summed E-state index contributed by atoms with van der Waals surface area (Å²) in [5.74, 6) is -0.608. The normalized spacial score (nSPS) is 12.5. The smallest absolute Gasteiger partial charge is 0.123 e. The van der Waals surface area contributed by atoms with Gasteiger partial charge in [0.15, 0.2) is 0 Å². The highest BCUT2D eigenvalue weighted by Crippen LogP contribution is 2.18. The number of hydrogen-bond acceptors (Lipinski definition) is 2. The van der Waals surface area contributed by atoms with E-state index in [1.54, 1.807) is 36.4 Å². The van der Waals surface area contributed by atoms with Gasteiger partial charge in [0, 0.05) is 0 Å². The van der Waals surface area contributed by atoms with E-state index in [0.717, 1.165) is 22.3 Å². The predicted molar refractivity (Wildman–Crippen MR) is 90.5 cm³/mol. The summed E-state index contributed by atoms with van der Waals surface area (Å²) < 4.78 is 26.1. The topological polar surface area (TPSA) is 40.5 Å². The summed E-state index contributed by atoms with van der Waals surface area (Å²) in [5.41, 5.74) is 3.41. The summed E-state index contributed by atoms with van der Waals surface area (Å²) >= 11 is 0. The summed E-state index contributed by atoms with van der Waals surface area (Å²) in [4.78, 5) is 0.